The van der Waals surface area contributed by atoms with Gasteiger partial charge in [-0.25, -0.2) is 13.8 Å². The Balaban J connectivity index is 2.00. The molecule has 2 aliphatic rings. The van der Waals surface area contributed by atoms with Crippen LogP contribution in [-0.4, -0.2) is 51.1 Å². The standard InChI is InChI=1S/C13H16F2N4O3/c1-22-10-8-6(17-12(16)18-10)5-19(11(8)21)9-7(20)3-2-4-13(9,14)15/h7,9,20H,2-5H2,1H3,(H2,16,17,18)/t7-,9-/m0/s1. The minimum atomic E-state index is -3.15. The summed E-state index contributed by atoms with van der Waals surface area (Å²) < 4.78 is 33.4. The van der Waals surface area contributed by atoms with E-state index >= 15 is 0 Å². The zero-order chi connectivity index (χ0) is 16.1. The Bertz CT molecular complexity index is 626. The molecule has 1 fully saturated rings. The molecule has 7 nitrogen and oxygen atoms in total. The van der Waals surface area contributed by atoms with E-state index in [1.54, 1.807) is 0 Å². The minimum absolute atomic E-state index is 0.0327. The molecular weight excluding hydrogens is 298 g/mol. The van der Waals surface area contributed by atoms with Crippen LogP contribution in [0.25, 0.3) is 0 Å². The molecule has 1 aromatic rings. The van der Waals surface area contributed by atoms with Crippen molar-refractivity contribution in [3.8, 4) is 5.88 Å². The number of ether oxygens (including phenoxy) is 1. The number of hydrogen-bond donors (Lipinski definition) is 2. The predicted octanol–water partition coefficient (Wildman–Crippen LogP) is 0.572. The van der Waals surface area contributed by atoms with Crippen LogP contribution in [0, 0.1) is 0 Å². The number of amides is 1. The second kappa shape index (κ2) is 5.01. The van der Waals surface area contributed by atoms with Crippen LogP contribution in [0.3, 0.4) is 0 Å². The van der Waals surface area contributed by atoms with E-state index in [-0.39, 0.29) is 48.9 Å². The quantitative estimate of drug-likeness (QED) is 0.827. The number of aliphatic hydroxyl groups excluding tert-OH is 1. The number of nitrogen functional groups attached to an aromatic ring is 1. The molecule has 0 spiro atoms. The first-order valence-corrected chi connectivity index (χ1v) is 6.92. The predicted molar refractivity (Wildman–Crippen MR) is 71.5 cm³/mol. The molecule has 1 aromatic heterocycles. The van der Waals surface area contributed by atoms with E-state index in [9.17, 15) is 18.7 Å². The molecule has 0 unspecified atom stereocenters. The Morgan fingerprint density at radius 3 is 2.82 bits per heavy atom. The van der Waals surface area contributed by atoms with E-state index in [0.717, 1.165) is 4.90 Å². The first-order chi connectivity index (χ1) is 10.3. The zero-order valence-corrected chi connectivity index (χ0v) is 11.9. The fraction of sp³-hybridized carbons (Fsp3) is 0.615. The number of aliphatic hydroxyl groups is 1. The summed E-state index contributed by atoms with van der Waals surface area (Å²) in [6.45, 7) is -0.144. The molecule has 3 N–H and O–H groups in total. The summed E-state index contributed by atoms with van der Waals surface area (Å²) in [5.74, 6) is -3.95. The molecule has 0 radical (unpaired) electrons. The summed E-state index contributed by atoms with van der Waals surface area (Å²) in [5.41, 5.74) is 5.80. The van der Waals surface area contributed by atoms with Crippen LogP contribution in [-0.2, 0) is 6.54 Å². The van der Waals surface area contributed by atoms with Crippen LogP contribution in [0.4, 0.5) is 14.7 Å². The number of aromatic nitrogens is 2. The summed E-state index contributed by atoms with van der Waals surface area (Å²) in [5, 5.41) is 9.98. The Hall–Kier alpha value is -2.03. The molecule has 22 heavy (non-hydrogen) atoms. The number of nitrogens with zero attached hydrogens (tertiary/aromatic N) is 3. The van der Waals surface area contributed by atoms with Gasteiger partial charge in [0.25, 0.3) is 11.8 Å². The molecule has 120 valence electrons. The van der Waals surface area contributed by atoms with E-state index < -0.39 is 24.0 Å². The Kier molecular flexibility index (Phi) is 3.39. The van der Waals surface area contributed by atoms with Crippen molar-refractivity contribution < 1.29 is 23.4 Å². The van der Waals surface area contributed by atoms with Crippen LogP contribution < -0.4 is 10.5 Å². The summed E-state index contributed by atoms with van der Waals surface area (Å²) >= 11 is 0. The molecule has 2 heterocycles. The van der Waals surface area contributed by atoms with Crippen LogP contribution >= 0.6 is 0 Å². The Morgan fingerprint density at radius 2 is 2.18 bits per heavy atom. The van der Waals surface area contributed by atoms with Gasteiger partial charge in [0, 0.05) is 6.42 Å². The molecule has 3 rings (SSSR count). The normalized spacial score (nSPS) is 26.9. The van der Waals surface area contributed by atoms with Crippen molar-refractivity contribution in [3.05, 3.63) is 11.3 Å². The average molecular weight is 314 g/mol. The molecule has 1 aliphatic carbocycles. The highest BCUT2D eigenvalue weighted by Crippen LogP contribution is 2.41. The largest absolute Gasteiger partial charge is 0.480 e. The number of halogens is 2. The zero-order valence-electron chi connectivity index (χ0n) is 11.9. The van der Waals surface area contributed by atoms with E-state index in [2.05, 4.69) is 9.97 Å². The molecule has 1 aliphatic heterocycles. The first kappa shape index (κ1) is 14.9. The third-order valence-electron chi connectivity index (χ3n) is 4.10. The second-order valence-corrected chi connectivity index (χ2v) is 5.51. The van der Waals surface area contributed by atoms with E-state index in [1.807, 2.05) is 0 Å². The van der Waals surface area contributed by atoms with Crippen LogP contribution in [0.2, 0.25) is 0 Å². The summed E-state index contributed by atoms with van der Waals surface area (Å²) in [6, 6.07) is -1.58. The topological polar surface area (TPSA) is 102 Å². The third kappa shape index (κ3) is 2.16. The smallest absolute Gasteiger partial charge is 0.270 e. The molecule has 0 saturated heterocycles. The van der Waals surface area contributed by atoms with E-state index in [0.29, 0.717) is 0 Å². The summed E-state index contributed by atoms with van der Waals surface area (Å²) in [4.78, 5) is 21.2. The fourth-order valence-corrected chi connectivity index (χ4v) is 3.15. The molecule has 2 atom stereocenters. The summed E-state index contributed by atoms with van der Waals surface area (Å²) in [6.07, 6.45) is -1.20. The van der Waals surface area contributed by atoms with E-state index in [1.165, 1.54) is 7.11 Å². The number of hydrogen-bond acceptors (Lipinski definition) is 6. The highest BCUT2D eigenvalue weighted by Gasteiger charge is 2.53. The van der Waals surface area contributed by atoms with Gasteiger partial charge in [-0.15, -0.1) is 0 Å². The number of methoxy groups -OCH3 is 1. The second-order valence-electron chi connectivity index (χ2n) is 5.51. The minimum Gasteiger partial charge on any atom is -0.480 e. The Morgan fingerprint density at radius 1 is 1.45 bits per heavy atom. The maximum atomic E-state index is 14.2. The number of alkyl halides is 2. The molecular formula is C13H16F2N4O3. The highest BCUT2D eigenvalue weighted by molar-refractivity contribution is 6.00. The lowest BCUT2D eigenvalue weighted by Crippen LogP contribution is -2.56. The molecule has 1 saturated carbocycles. The van der Waals surface area contributed by atoms with E-state index in [4.69, 9.17) is 10.5 Å². The third-order valence-corrected chi connectivity index (χ3v) is 4.10. The number of rotatable bonds is 2. The highest BCUT2D eigenvalue weighted by atomic mass is 19.3. The molecule has 0 bridgehead atoms. The van der Waals surface area contributed by atoms with Crippen molar-refractivity contribution in [2.45, 2.75) is 43.9 Å². The number of carbonyl (C=O) groups is 1. The number of nitrogens with two attached hydrogens (primary N) is 1. The monoisotopic (exact) mass is 314 g/mol. The van der Waals surface area contributed by atoms with Gasteiger partial charge in [0.15, 0.2) is 0 Å². The van der Waals surface area contributed by atoms with Crippen molar-refractivity contribution in [2.75, 3.05) is 12.8 Å². The van der Waals surface area contributed by atoms with Gasteiger partial charge in [0.2, 0.25) is 11.8 Å². The van der Waals surface area contributed by atoms with Crippen molar-refractivity contribution in [1.29, 1.82) is 0 Å². The van der Waals surface area contributed by atoms with Crippen molar-refractivity contribution >= 4 is 11.9 Å². The molecule has 0 aromatic carbocycles. The van der Waals surface area contributed by atoms with Gasteiger partial charge in [-0.05, 0) is 12.8 Å². The lowest BCUT2D eigenvalue weighted by Gasteiger charge is -2.40. The van der Waals surface area contributed by atoms with Crippen LogP contribution in [0.5, 0.6) is 5.88 Å². The number of fused-ring (bicyclic) bond motifs is 1. The lowest BCUT2D eigenvalue weighted by atomic mass is 9.88. The number of anilines is 1. The van der Waals surface area contributed by atoms with Gasteiger partial charge in [-0.2, -0.15) is 4.98 Å². The SMILES string of the molecule is COc1nc(N)nc2c1C(=O)N([C@H]1[C@@H](O)CCCC1(F)F)C2. The van der Waals surface area contributed by atoms with Gasteiger partial charge in [-0.3, -0.25) is 4.79 Å². The van der Waals surface area contributed by atoms with Crippen molar-refractivity contribution in [1.82, 2.24) is 14.9 Å². The number of carbonyl (C=O) groups excluding carboxylic acids is 1. The van der Waals surface area contributed by atoms with Gasteiger partial charge >= 0.3 is 0 Å². The fourth-order valence-electron chi connectivity index (χ4n) is 3.15. The summed E-state index contributed by atoms with van der Waals surface area (Å²) in [7, 11) is 1.31. The maximum absolute atomic E-state index is 14.2. The van der Waals surface area contributed by atoms with Gasteiger partial charge < -0.3 is 20.5 Å². The van der Waals surface area contributed by atoms with Crippen molar-refractivity contribution in [3.63, 3.8) is 0 Å². The molecule has 1 amide bonds. The Labute approximate surface area is 125 Å². The maximum Gasteiger partial charge on any atom is 0.270 e. The molecule has 9 heteroatoms. The van der Waals surface area contributed by atoms with Gasteiger partial charge in [0.1, 0.15) is 11.6 Å². The van der Waals surface area contributed by atoms with Gasteiger partial charge in [-0.1, -0.05) is 0 Å². The average Bonchev–Trinajstić information content (AvgIpc) is 2.74. The first-order valence-electron chi connectivity index (χ1n) is 6.92. The van der Waals surface area contributed by atoms with Crippen molar-refractivity contribution in [2.24, 2.45) is 0 Å². The van der Waals surface area contributed by atoms with Gasteiger partial charge in [0.05, 0.1) is 25.5 Å². The van der Waals surface area contributed by atoms with Crippen LogP contribution in [0.1, 0.15) is 35.3 Å². The lowest BCUT2D eigenvalue weighted by molar-refractivity contribution is -0.140. The van der Waals surface area contributed by atoms with Crippen LogP contribution in [0.15, 0.2) is 0 Å².